The Bertz CT molecular complexity index is 625. The molecule has 2 rings (SSSR count). The van der Waals surface area contributed by atoms with Crippen LogP contribution in [0.5, 0.6) is 0 Å². The van der Waals surface area contributed by atoms with Gasteiger partial charge < -0.3 is 9.73 Å². The first kappa shape index (κ1) is 13.1. The molecule has 0 radical (unpaired) electrons. The zero-order chi connectivity index (χ0) is 14.0. The predicted molar refractivity (Wildman–Crippen MR) is 59.9 cm³/mol. The Hall–Kier alpha value is -2.31. The van der Waals surface area contributed by atoms with E-state index in [1.165, 1.54) is 6.39 Å². The molecule has 1 heterocycles. The highest BCUT2D eigenvalue weighted by molar-refractivity contribution is 5.92. The molecule has 0 unspecified atom stereocenters. The number of anilines is 1. The van der Waals surface area contributed by atoms with E-state index in [2.05, 4.69) is 10.3 Å². The number of halogens is 3. The number of aromatic nitrogens is 1. The summed E-state index contributed by atoms with van der Waals surface area (Å²) < 4.78 is 43.9. The lowest BCUT2D eigenvalue weighted by Crippen LogP contribution is -2.16. The van der Waals surface area contributed by atoms with Crippen LogP contribution in [0, 0.1) is 24.4 Å². The number of nitrogens with zero attached hydrogens (tertiary/aromatic N) is 1. The van der Waals surface area contributed by atoms with Crippen molar-refractivity contribution >= 4 is 11.6 Å². The number of aryl methyl sites for hydroxylation is 1. The second kappa shape index (κ2) is 5.13. The highest BCUT2D eigenvalue weighted by Crippen LogP contribution is 2.20. The summed E-state index contributed by atoms with van der Waals surface area (Å²) in [7, 11) is 0. The summed E-state index contributed by atoms with van der Waals surface area (Å²) in [5.74, 6) is -4.69. The largest absolute Gasteiger partial charge is 0.448 e. The topological polar surface area (TPSA) is 55.1 Å². The molecule has 0 atom stereocenters. The number of nitrogens with one attached hydrogen (secondary N) is 1. The molecule has 0 aliphatic carbocycles. The van der Waals surface area contributed by atoms with Gasteiger partial charge in [-0.2, -0.15) is 0 Å². The molecule has 0 saturated heterocycles. The molecule has 0 bridgehead atoms. The maximum atomic E-state index is 13.3. The van der Waals surface area contributed by atoms with Crippen LogP contribution in [0.4, 0.5) is 18.9 Å². The van der Waals surface area contributed by atoms with Crippen molar-refractivity contribution < 1.29 is 22.4 Å². The van der Waals surface area contributed by atoms with Crippen LogP contribution in [-0.4, -0.2) is 10.9 Å². The van der Waals surface area contributed by atoms with Crippen molar-refractivity contribution in [2.24, 2.45) is 0 Å². The summed E-state index contributed by atoms with van der Waals surface area (Å²) in [6.07, 6.45) is 1.00. The second-order valence-corrected chi connectivity index (χ2v) is 3.81. The quantitative estimate of drug-likeness (QED) is 0.872. The number of benzene rings is 1. The standard InChI is InChI=1S/C12H9F3N2O2/c1-6-9(19-5-16-6)4-10(18)17-8-3-2-7(13)11(14)12(8)15/h2-3,5H,4H2,1H3,(H,17,18). The maximum Gasteiger partial charge on any atom is 0.232 e. The first-order chi connectivity index (χ1) is 8.99. The Kier molecular flexibility index (Phi) is 3.55. The average Bonchev–Trinajstić information content (AvgIpc) is 2.76. The molecular formula is C12H9F3N2O2. The molecule has 1 amide bonds. The number of rotatable bonds is 3. The smallest absolute Gasteiger partial charge is 0.232 e. The van der Waals surface area contributed by atoms with Crippen LogP contribution in [0.3, 0.4) is 0 Å². The van der Waals surface area contributed by atoms with Crippen molar-refractivity contribution in [1.82, 2.24) is 4.98 Å². The number of hydrogen-bond acceptors (Lipinski definition) is 3. The van der Waals surface area contributed by atoms with Gasteiger partial charge in [-0.15, -0.1) is 0 Å². The first-order valence-electron chi connectivity index (χ1n) is 5.31. The zero-order valence-corrected chi connectivity index (χ0v) is 9.84. The molecule has 0 spiro atoms. The van der Waals surface area contributed by atoms with Crippen LogP contribution < -0.4 is 5.32 Å². The molecular weight excluding hydrogens is 261 g/mol. The van der Waals surface area contributed by atoms with Crippen molar-refractivity contribution in [3.63, 3.8) is 0 Å². The van der Waals surface area contributed by atoms with Gasteiger partial charge in [-0.3, -0.25) is 4.79 Å². The zero-order valence-electron chi connectivity index (χ0n) is 9.84. The number of carbonyl (C=O) groups is 1. The summed E-state index contributed by atoms with van der Waals surface area (Å²) in [5, 5.41) is 2.14. The first-order valence-corrected chi connectivity index (χ1v) is 5.31. The molecule has 4 nitrogen and oxygen atoms in total. The highest BCUT2D eigenvalue weighted by atomic mass is 19.2. The third kappa shape index (κ3) is 2.75. The van der Waals surface area contributed by atoms with Gasteiger partial charge in [0.25, 0.3) is 0 Å². The monoisotopic (exact) mass is 270 g/mol. The molecule has 0 saturated carbocycles. The van der Waals surface area contributed by atoms with Gasteiger partial charge >= 0.3 is 0 Å². The van der Waals surface area contributed by atoms with Crippen molar-refractivity contribution in [3.05, 3.63) is 47.4 Å². The molecule has 19 heavy (non-hydrogen) atoms. The molecule has 0 fully saturated rings. The minimum Gasteiger partial charge on any atom is -0.448 e. The Morgan fingerprint density at radius 1 is 1.32 bits per heavy atom. The van der Waals surface area contributed by atoms with E-state index in [1.54, 1.807) is 6.92 Å². The van der Waals surface area contributed by atoms with Crippen LogP contribution in [0.1, 0.15) is 11.5 Å². The SMILES string of the molecule is Cc1ncoc1CC(=O)Nc1ccc(F)c(F)c1F. The van der Waals surface area contributed by atoms with Crippen LogP contribution in [0.15, 0.2) is 22.9 Å². The molecule has 100 valence electrons. The van der Waals surface area contributed by atoms with E-state index in [-0.39, 0.29) is 6.42 Å². The van der Waals surface area contributed by atoms with E-state index < -0.39 is 29.0 Å². The van der Waals surface area contributed by atoms with Gasteiger partial charge in [-0.05, 0) is 19.1 Å². The van der Waals surface area contributed by atoms with Gasteiger partial charge in [0, 0.05) is 0 Å². The van der Waals surface area contributed by atoms with E-state index in [0.717, 1.165) is 12.1 Å². The van der Waals surface area contributed by atoms with E-state index in [1.807, 2.05) is 0 Å². The third-order valence-electron chi connectivity index (χ3n) is 2.48. The van der Waals surface area contributed by atoms with Crippen LogP contribution >= 0.6 is 0 Å². The molecule has 7 heteroatoms. The lowest BCUT2D eigenvalue weighted by atomic mass is 10.2. The molecule has 1 aromatic heterocycles. The minimum absolute atomic E-state index is 0.176. The van der Waals surface area contributed by atoms with Gasteiger partial charge in [-0.25, -0.2) is 18.2 Å². The van der Waals surface area contributed by atoms with Crippen LogP contribution in [-0.2, 0) is 11.2 Å². The Balaban J connectivity index is 2.12. The number of amides is 1. The lowest BCUT2D eigenvalue weighted by Gasteiger charge is -2.06. The minimum atomic E-state index is -1.63. The fourth-order valence-corrected chi connectivity index (χ4v) is 1.46. The normalized spacial score (nSPS) is 10.5. The summed E-state index contributed by atoms with van der Waals surface area (Å²) in [6, 6.07) is 1.67. The molecule has 2 aromatic rings. The fraction of sp³-hybridized carbons (Fsp3) is 0.167. The van der Waals surface area contributed by atoms with Crippen molar-refractivity contribution in [3.8, 4) is 0 Å². The summed E-state index contributed by atoms with van der Waals surface area (Å²) in [5.41, 5.74) is 0.0991. The average molecular weight is 270 g/mol. The van der Waals surface area contributed by atoms with E-state index in [9.17, 15) is 18.0 Å². The highest BCUT2D eigenvalue weighted by Gasteiger charge is 2.16. The van der Waals surface area contributed by atoms with Crippen LogP contribution in [0.2, 0.25) is 0 Å². The van der Waals surface area contributed by atoms with E-state index >= 15 is 0 Å². The second-order valence-electron chi connectivity index (χ2n) is 3.81. The van der Waals surface area contributed by atoms with Gasteiger partial charge in [0.05, 0.1) is 17.8 Å². The van der Waals surface area contributed by atoms with Crippen molar-refractivity contribution in [1.29, 1.82) is 0 Å². The third-order valence-corrected chi connectivity index (χ3v) is 2.48. The van der Waals surface area contributed by atoms with Crippen molar-refractivity contribution in [2.45, 2.75) is 13.3 Å². The molecule has 1 N–H and O–H groups in total. The Labute approximate surface area is 106 Å². The van der Waals surface area contributed by atoms with E-state index in [4.69, 9.17) is 4.42 Å². The molecule has 1 aromatic carbocycles. The number of oxazole rings is 1. The number of carbonyl (C=O) groups excluding carboxylic acids is 1. The maximum absolute atomic E-state index is 13.3. The predicted octanol–water partition coefficient (Wildman–Crippen LogP) is 2.58. The summed E-state index contributed by atoms with van der Waals surface area (Å²) >= 11 is 0. The summed E-state index contributed by atoms with van der Waals surface area (Å²) in [6.45, 7) is 1.64. The van der Waals surface area contributed by atoms with Crippen molar-refractivity contribution in [2.75, 3.05) is 5.32 Å². The van der Waals surface area contributed by atoms with Gasteiger partial charge in [0.15, 0.2) is 23.8 Å². The fourth-order valence-electron chi connectivity index (χ4n) is 1.46. The van der Waals surface area contributed by atoms with Gasteiger partial charge in [0.2, 0.25) is 5.91 Å². The van der Waals surface area contributed by atoms with Gasteiger partial charge in [0.1, 0.15) is 5.76 Å². The lowest BCUT2D eigenvalue weighted by molar-refractivity contribution is -0.115. The number of hydrogen-bond donors (Lipinski definition) is 1. The molecule has 0 aliphatic heterocycles. The van der Waals surface area contributed by atoms with Gasteiger partial charge in [-0.1, -0.05) is 0 Å². The van der Waals surface area contributed by atoms with Crippen LogP contribution in [0.25, 0.3) is 0 Å². The molecule has 0 aliphatic rings. The Morgan fingerprint density at radius 2 is 2.05 bits per heavy atom. The Morgan fingerprint density at radius 3 is 2.68 bits per heavy atom. The summed E-state index contributed by atoms with van der Waals surface area (Å²) in [4.78, 5) is 15.4. The van der Waals surface area contributed by atoms with E-state index in [0.29, 0.717) is 11.5 Å².